The van der Waals surface area contributed by atoms with Crippen molar-refractivity contribution in [3.8, 4) is 0 Å². The van der Waals surface area contributed by atoms with Crippen molar-refractivity contribution >= 4 is 26.0 Å². The summed E-state index contributed by atoms with van der Waals surface area (Å²) in [6.07, 6.45) is 11.7. The Kier molecular flexibility index (Phi) is 9.64. The summed E-state index contributed by atoms with van der Waals surface area (Å²) in [5.74, 6) is 0. The SMILES string of the molecule is Cc1ccc2c(c1)=[C-]C1=C(C3=CC=CC3)C(C)(c3ccccc3)C(c3ccccc3)=C(c3ccccc3)C=21.[Zr]=[C](c1ccccc1)c1ccccc1. The molecule has 0 saturated heterocycles. The number of rotatable bonds is 6. The summed E-state index contributed by atoms with van der Waals surface area (Å²) in [5, 5.41) is 2.47. The molecule has 9 rings (SSSR count). The van der Waals surface area contributed by atoms with E-state index >= 15 is 0 Å². The fourth-order valence-electron chi connectivity index (χ4n) is 7.99. The van der Waals surface area contributed by atoms with Gasteiger partial charge in [0.25, 0.3) is 0 Å². The first-order chi connectivity index (χ1) is 25.5. The second-order valence-corrected chi connectivity index (χ2v) is 14.9. The van der Waals surface area contributed by atoms with Crippen LogP contribution in [0.1, 0.15) is 46.7 Å². The molecule has 0 N–H and O–H groups in total. The zero-order valence-corrected chi connectivity index (χ0v) is 32.1. The molecule has 0 spiro atoms. The molecule has 0 heterocycles. The molecule has 0 bridgehead atoms. The van der Waals surface area contributed by atoms with E-state index in [0.29, 0.717) is 0 Å². The van der Waals surface area contributed by atoms with Crippen LogP contribution < -0.4 is 10.4 Å². The second kappa shape index (κ2) is 14.8. The molecule has 0 fully saturated rings. The monoisotopic (exact) mass is 741 g/mol. The van der Waals surface area contributed by atoms with E-state index in [-0.39, 0.29) is 5.41 Å². The van der Waals surface area contributed by atoms with Crippen LogP contribution in [0.15, 0.2) is 205 Å². The molecule has 1 unspecified atom stereocenters. The quantitative estimate of drug-likeness (QED) is 0.149. The van der Waals surface area contributed by atoms with Crippen LogP contribution in [0, 0.1) is 6.92 Å². The molecular weight excluding hydrogens is 704 g/mol. The molecule has 248 valence electrons. The van der Waals surface area contributed by atoms with Crippen LogP contribution in [0.25, 0.3) is 22.8 Å². The van der Waals surface area contributed by atoms with E-state index in [1.165, 1.54) is 105 Å². The van der Waals surface area contributed by atoms with Crippen molar-refractivity contribution in [2.45, 2.75) is 25.7 Å². The summed E-state index contributed by atoms with van der Waals surface area (Å²) < 4.78 is 1.42. The Morgan fingerprint density at radius 1 is 0.596 bits per heavy atom. The van der Waals surface area contributed by atoms with Crippen molar-refractivity contribution in [2.24, 2.45) is 0 Å². The summed E-state index contributed by atoms with van der Waals surface area (Å²) in [4.78, 5) is 0. The first-order valence-corrected chi connectivity index (χ1v) is 19.2. The standard InChI is InChI=1S/C38H29.C13H10.Zr/c1-26-22-23-32-30(24-26)25-33-35(32)34(27-14-6-3-7-15-27)37(29-16-8-4-9-17-29)38(2,31-20-10-5-11-21-31)36(33)28-18-12-13-19-28;1-3-7-12(8-4-1)11-13-9-5-2-6-10-13;/h3-18,20-24H,19H2,1-2H3;1-10H;/q-1;;. The maximum atomic E-state index is 3.94. The molecule has 6 aromatic rings. The number of hydrogen-bond acceptors (Lipinski definition) is 0. The van der Waals surface area contributed by atoms with Crippen LogP contribution in [0.3, 0.4) is 0 Å². The molecular formula is C51H39Zr-. The molecule has 0 amide bonds. The van der Waals surface area contributed by atoms with Crippen LogP contribution in [-0.2, 0) is 29.7 Å². The summed E-state index contributed by atoms with van der Waals surface area (Å²) in [6.45, 7) is 4.60. The predicted molar refractivity (Wildman–Crippen MR) is 216 cm³/mol. The predicted octanol–water partition coefficient (Wildman–Crippen LogP) is 10.4. The average Bonchev–Trinajstić information content (AvgIpc) is 3.87. The molecule has 0 radical (unpaired) electrons. The Morgan fingerprint density at radius 2 is 1.13 bits per heavy atom. The summed E-state index contributed by atoms with van der Waals surface area (Å²) in [6, 6.07) is 61.0. The van der Waals surface area contributed by atoms with Gasteiger partial charge in [0.05, 0.1) is 0 Å². The average molecular weight is 743 g/mol. The number of allylic oxidation sites excluding steroid dienone is 8. The van der Waals surface area contributed by atoms with Crippen molar-refractivity contribution in [1.29, 1.82) is 0 Å². The number of fused-ring (bicyclic) bond motifs is 2. The second-order valence-electron chi connectivity index (χ2n) is 13.7. The van der Waals surface area contributed by atoms with Gasteiger partial charge in [-0.3, -0.25) is 0 Å². The van der Waals surface area contributed by atoms with Crippen molar-refractivity contribution in [2.75, 3.05) is 0 Å². The van der Waals surface area contributed by atoms with E-state index in [2.05, 4.69) is 208 Å². The Morgan fingerprint density at radius 3 is 1.69 bits per heavy atom. The Bertz CT molecular complexity index is 2480. The van der Waals surface area contributed by atoms with E-state index in [1.54, 1.807) is 0 Å². The number of benzene rings is 6. The van der Waals surface area contributed by atoms with Gasteiger partial charge in [0.15, 0.2) is 0 Å². The number of hydrogen-bond donors (Lipinski definition) is 0. The Labute approximate surface area is 322 Å². The molecule has 0 nitrogen and oxygen atoms in total. The van der Waals surface area contributed by atoms with Gasteiger partial charge in [-0.05, 0) is 41.2 Å². The van der Waals surface area contributed by atoms with E-state index < -0.39 is 0 Å². The molecule has 0 aliphatic heterocycles. The molecule has 52 heavy (non-hydrogen) atoms. The minimum atomic E-state index is -0.380. The van der Waals surface area contributed by atoms with Gasteiger partial charge in [0.1, 0.15) is 0 Å². The fraction of sp³-hybridized carbons (Fsp3) is 0.0784. The zero-order chi connectivity index (χ0) is 35.5. The first-order valence-electron chi connectivity index (χ1n) is 18.0. The van der Waals surface area contributed by atoms with Crippen molar-refractivity contribution in [1.82, 2.24) is 0 Å². The summed E-state index contributed by atoms with van der Waals surface area (Å²) in [5.41, 5.74) is 15.3. The van der Waals surface area contributed by atoms with Crippen LogP contribution in [-0.4, -0.2) is 3.21 Å². The Hall–Kier alpha value is -5.23. The van der Waals surface area contributed by atoms with Crippen LogP contribution in [0.5, 0.6) is 0 Å². The number of aryl methyl sites for hydroxylation is 1. The third-order valence-electron chi connectivity index (χ3n) is 10.4. The Balaban J connectivity index is 0.000000232. The van der Waals surface area contributed by atoms with E-state index in [0.717, 1.165) is 6.42 Å². The first kappa shape index (κ1) is 33.9. The van der Waals surface area contributed by atoms with E-state index in [9.17, 15) is 0 Å². The van der Waals surface area contributed by atoms with Gasteiger partial charge in [-0.25, -0.2) is 0 Å². The molecule has 3 aliphatic rings. The van der Waals surface area contributed by atoms with Gasteiger partial charge in [0, 0.05) is 5.41 Å². The van der Waals surface area contributed by atoms with Gasteiger partial charge >= 0.3 is 99.2 Å². The third kappa shape index (κ3) is 6.29. The zero-order valence-electron chi connectivity index (χ0n) is 29.6. The normalized spacial score (nSPS) is 17.1. The molecule has 6 aromatic carbocycles. The maximum absolute atomic E-state index is 3.94. The van der Waals surface area contributed by atoms with Gasteiger partial charge in [-0.2, -0.15) is 0 Å². The van der Waals surface area contributed by atoms with Crippen molar-refractivity contribution < 1.29 is 24.2 Å². The van der Waals surface area contributed by atoms with Gasteiger partial charge in [-0.15, -0.1) is 33.7 Å². The molecule has 0 aromatic heterocycles. The van der Waals surface area contributed by atoms with Crippen LogP contribution in [0.4, 0.5) is 0 Å². The summed E-state index contributed by atoms with van der Waals surface area (Å²) in [7, 11) is 0. The fourth-order valence-corrected chi connectivity index (χ4v) is 8.81. The topological polar surface area (TPSA) is 0 Å². The van der Waals surface area contributed by atoms with Gasteiger partial charge in [-0.1, -0.05) is 145 Å². The van der Waals surface area contributed by atoms with Crippen molar-refractivity contribution in [3.63, 3.8) is 0 Å². The van der Waals surface area contributed by atoms with Crippen molar-refractivity contribution in [3.05, 3.63) is 249 Å². The third-order valence-corrected chi connectivity index (χ3v) is 11.8. The van der Waals surface area contributed by atoms with Crippen LogP contribution in [0.2, 0.25) is 0 Å². The van der Waals surface area contributed by atoms with E-state index in [4.69, 9.17) is 0 Å². The minimum absolute atomic E-state index is 0.380. The van der Waals surface area contributed by atoms with Crippen LogP contribution >= 0.6 is 0 Å². The molecule has 1 heteroatoms. The molecule has 3 aliphatic carbocycles. The molecule has 1 atom stereocenters. The molecule has 0 saturated carbocycles. The van der Waals surface area contributed by atoms with E-state index in [1.807, 2.05) is 0 Å². The summed E-state index contributed by atoms with van der Waals surface area (Å²) >= 11 is 1.46. The van der Waals surface area contributed by atoms with Gasteiger partial charge in [0.2, 0.25) is 0 Å². The van der Waals surface area contributed by atoms with Gasteiger partial charge < -0.3 is 0 Å².